The Morgan fingerprint density at radius 3 is 2.29 bits per heavy atom. The maximum Gasteiger partial charge on any atom is 0.401 e. The summed E-state index contributed by atoms with van der Waals surface area (Å²) < 4.78 is 51.8. The van der Waals surface area contributed by atoms with Crippen LogP contribution in [0.4, 0.5) is 17.6 Å². The molecule has 6 heteroatoms. The van der Waals surface area contributed by atoms with Gasteiger partial charge in [-0.2, -0.15) is 13.2 Å². The molecule has 21 heavy (non-hydrogen) atoms. The molecule has 0 fully saturated rings. The van der Waals surface area contributed by atoms with E-state index < -0.39 is 24.6 Å². The van der Waals surface area contributed by atoms with Gasteiger partial charge in [0.1, 0.15) is 5.82 Å². The Labute approximate surface area is 123 Å². The molecule has 2 nitrogen and oxygen atoms in total. The third-order valence-electron chi connectivity index (χ3n) is 3.26. The van der Waals surface area contributed by atoms with Crippen molar-refractivity contribution in [2.45, 2.75) is 39.0 Å². The molecule has 0 aliphatic rings. The Bertz CT molecular complexity index is 432. The summed E-state index contributed by atoms with van der Waals surface area (Å²) >= 11 is 0. The van der Waals surface area contributed by atoms with Crippen molar-refractivity contribution in [1.82, 2.24) is 10.2 Å². The highest BCUT2D eigenvalue weighted by Gasteiger charge is 2.33. The van der Waals surface area contributed by atoms with Crippen molar-refractivity contribution >= 4 is 0 Å². The first-order chi connectivity index (χ1) is 9.74. The molecule has 0 heterocycles. The first-order valence-electron chi connectivity index (χ1n) is 7.03. The van der Waals surface area contributed by atoms with Gasteiger partial charge in [-0.3, -0.25) is 4.90 Å². The van der Waals surface area contributed by atoms with Gasteiger partial charge in [0.05, 0.1) is 6.54 Å². The molecule has 0 spiro atoms. The molecule has 0 saturated heterocycles. The number of alkyl halides is 3. The summed E-state index contributed by atoms with van der Waals surface area (Å²) in [6.07, 6.45) is -4.27. The second-order valence-electron chi connectivity index (χ2n) is 5.27. The number of hydrogen-bond acceptors (Lipinski definition) is 2. The highest BCUT2D eigenvalue weighted by atomic mass is 19.4. The van der Waals surface area contributed by atoms with Gasteiger partial charge in [-0.1, -0.05) is 25.1 Å². The number of rotatable bonds is 7. The lowest BCUT2D eigenvalue weighted by Crippen LogP contribution is -2.44. The summed E-state index contributed by atoms with van der Waals surface area (Å²) in [6, 6.07) is 5.43. The molecule has 120 valence electrons. The van der Waals surface area contributed by atoms with Crippen LogP contribution in [0.5, 0.6) is 0 Å². The average Bonchev–Trinajstić information content (AvgIpc) is 2.36. The van der Waals surface area contributed by atoms with Gasteiger partial charge >= 0.3 is 6.18 Å². The fraction of sp³-hybridized carbons (Fsp3) is 0.600. The van der Waals surface area contributed by atoms with Crippen molar-refractivity contribution < 1.29 is 17.6 Å². The van der Waals surface area contributed by atoms with Crippen molar-refractivity contribution in [2.24, 2.45) is 0 Å². The standard InChI is InChI=1S/C15H22F4N2/c1-4-20-14(12-7-5-6-8-13(12)16)9-21(11(2)3)10-15(17,18)19/h5-8,11,14,20H,4,9-10H2,1-3H3. The van der Waals surface area contributed by atoms with E-state index in [1.807, 2.05) is 6.92 Å². The maximum atomic E-state index is 13.9. The van der Waals surface area contributed by atoms with E-state index >= 15 is 0 Å². The fourth-order valence-corrected chi connectivity index (χ4v) is 2.20. The highest BCUT2D eigenvalue weighted by Crippen LogP contribution is 2.23. The summed E-state index contributed by atoms with van der Waals surface area (Å²) in [5.74, 6) is -0.404. The minimum Gasteiger partial charge on any atom is -0.309 e. The Hall–Kier alpha value is -1.14. The van der Waals surface area contributed by atoms with Crippen LogP contribution in [0, 0.1) is 5.82 Å². The number of hydrogen-bond donors (Lipinski definition) is 1. The Morgan fingerprint density at radius 2 is 1.81 bits per heavy atom. The van der Waals surface area contributed by atoms with E-state index in [1.54, 1.807) is 32.0 Å². The molecular weight excluding hydrogens is 284 g/mol. The monoisotopic (exact) mass is 306 g/mol. The van der Waals surface area contributed by atoms with Gasteiger partial charge in [0.25, 0.3) is 0 Å². The summed E-state index contributed by atoms with van der Waals surface area (Å²) in [5, 5.41) is 3.06. The van der Waals surface area contributed by atoms with E-state index in [1.165, 1.54) is 11.0 Å². The minimum absolute atomic E-state index is 0.103. The molecule has 1 unspecified atom stereocenters. The largest absolute Gasteiger partial charge is 0.401 e. The SMILES string of the molecule is CCNC(CN(CC(F)(F)F)C(C)C)c1ccccc1F. The van der Waals surface area contributed by atoms with Crippen LogP contribution in [-0.4, -0.2) is 36.8 Å². The lowest BCUT2D eigenvalue weighted by atomic mass is 10.0. The van der Waals surface area contributed by atoms with Gasteiger partial charge in [-0.15, -0.1) is 0 Å². The van der Waals surface area contributed by atoms with Crippen molar-refractivity contribution in [2.75, 3.05) is 19.6 Å². The van der Waals surface area contributed by atoms with Crippen molar-refractivity contribution in [1.29, 1.82) is 0 Å². The predicted octanol–water partition coefficient (Wildman–Crippen LogP) is 3.75. The molecule has 1 aromatic carbocycles. The van der Waals surface area contributed by atoms with Crippen molar-refractivity contribution in [3.63, 3.8) is 0 Å². The van der Waals surface area contributed by atoms with Gasteiger partial charge in [-0.25, -0.2) is 4.39 Å². The van der Waals surface area contributed by atoms with E-state index in [-0.39, 0.29) is 12.6 Å². The summed E-state index contributed by atoms with van der Waals surface area (Å²) in [5.41, 5.74) is 0.396. The highest BCUT2D eigenvalue weighted by molar-refractivity contribution is 5.21. The Morgan fingerprint density at radius 1 is 1.19 bits per heavy atom. The molecule has 1 N–H and O–H groups in total. The van der Waals surface area contributed by atoms with Gasteiger partial charge < -0.3 is 5.32 Å². The average molecular weight is 306 g/mol. The van der Waals surface area contributed by atoms with Crippen LogP contribution >= 0.6 is 0 Å². The molecule has 0 amide bonds. The predicted molar refractivity (Wildman–Crippen MR) is 75.6 cm³/mol. The zero-order valence-electron chi connectivity index (χ0n) is 12.5. The number of likely N-dealkylation sites (N-methyl/N-ethyl adjacent to an activating group) is 1. The number of halogens is 4. The van der Waals surface area contributed by atoms with Gasteiger partial charge in [-0.05, 0) is 26.5 Å². The van der Waals surface area contributed by atoms with Crippen LogP contribution in [0.1, 0.15) is 32.4 Å². The van der Waals surface area contributed by atoms with Crippen molar-refractivity contribution in [3.8, 4) is 0 Å². The molecule has 0 aromatic heterocycles. The first-order valence-corrected chi connectivity index (χ1v) is 7.03. The molecule has 0 aliphatic heterocycles. The first kappa shape index (κ1) is 17.9. The van der Waals surface area contributed by atoms with E-state index in [0.717, 1.165) is 0 Å². The van der Waals surface area contributed by atoms with Crippen LogP contribution in [0.2, 0.25) is 0 Å². The second kappa shape index (κ2) is 7.75. The molecule has 1 rings (SSSR count). The zero-order valence-corrected chi connectivity index (χ0v) is 12.5. The lowest BCUT2D eigenvalue weighted by Gasteiger charge is -2.32. The van der Waals surface area contributed by atoms with Crippen LogP contribution in [0.15, 0.2) is 24.3 Å². The third-order valence-corrected chi connectivity index (χ3v) is 3.26. The second-order valence-corrected chi connectivity index (χ2v) is 5.27. The lowest BCUT2D eigenvalue weighted by molar-refractivity contribution is -0.150. The van der Waals surface area contributed by atoms with Gasteiger partial charge in [0, 0.05) is 24.2 Å². The Kier molecular flexibility index (Phi) is 6.61. The molecule has 0 aliphatic carbocycles. The summed E-state index contributed by atoms with van der Waals surface area (Å²) in [7, 11) is 0. The van der Waals surface area contributed by atoms with Crippen LogP contribution in [-0.2, 0) is 0 Å². The topological polar surface area (TPSA) is 15.3 Å². The van der Waals surface area contributed by atoms with Crippen LogP contribution in [0.25, 0.3) is 0 Å². The zero-order chi connectivity index (χ0) is 16.0. The number of nitrogens with one attached hydrogen (secondary N) is 1. The molecule has 0 radical (unpaired) electrons. The van der Waals surface area contributed by atoms with Crippen LogP contribution in [0.3, 0.4) is 0 Å². The van der Waals surface area contributed by atoms with Crippen LogP contribution < -0.4 is 5.32 Å². The van der Waals surface area contributed by atoms with Gasteiger partial charge in [0.15, 0.2) is 0 Å². The quantitative estimate of drug-likeness (QED) is 0.772. The fourth-order valence-electron chi connectivity index (χ4n) is 2.20. The molecule has 1 aromatic rings. The molecular formula is C15H22F4N2. The third kappa shape index (κ3) is 6.01. The number of nitrogens with zero attached hydrogens (tertiary/aromatic N) is 1. The summed E-state index contributed by atoms with van der Waals surface area (Å²) in [4.78, 5) is 1.31. The molecule has 1 atom stereocenters. The van der Waals surface area contributed by atoms with E-state index in [2.05, 4.69) is 5.32 Å². The number of benzene rings is 1. The smallest absolute Gasteiger partial charge is 0.309 e. The van der Waals surface area contributed by atoms with E-state index in [9.17, 15) is 17.6 Å². The molecule has 0 saturated carbocycles. The Balaban J connectivity index is 2.92. The minimum atomic E-state index is -4.27. The summed E-state index contributed by atoms with van der Waals surface area (Å²) in [6.45, 7) is 4.91. The van der Waals surface area contributed by atoms with E-state index in [0.29, 0.717) is 12.1 Å². The molecule has 0 bridgehead atoms. The maximum absolute atomic E-state index is 13.9. The van der Waals surface area contributed by atoms with E-state index in [4.69, 9.17) is 0 Å². The normalized spacial score (nSPS) is 14.0. The van der Waals surface area contributed by atoms with Gasteiger partial charge in [0.2, 0.25) is 0 Å². The van der Waals surface area contributed by atoms with Crippen molar-refractivity contribution in [3.05, 3.63) is 35.6 Å².